The zero-order valence-electron chi connectivity index (χ0n) is 6.68. The molecular formula is C8H4Br4Cl2. The molecule has 6 heteroatoms. The number of rotatable bonds is 2. The third-order valence-corrected chi connectivity index (χ3v) is 6.81. The van der Waals surface area contributed by atoms with Crippen LogP contribution in [0.25, 0.3) is 0 Å². The molecule has 0 aliphatic carbocycles. The Bertz CT molecular complexity index is 334. The van der Waals surface area contributed by atoms with E-state index < -0.39 is 0 Å². The smallest absolute Gasteiger partial charge is 0.0497 e. The van der Waals surface area contributed by atoms with Crippen molar-refractivity contribution in [3.05, 3.63) is 29.0 Å². The monoisotopic (exact) mass is 486 g/mol. The van der Waals surface area contributed by atoms with Gasteiger partial charge in [-0.25, -0.2) is 0 Å². The predicted molar refractivity (Wildman–Crippen MR) is 76.4 cm³/mol. The van der Waals surface area contributed by atoms with E-state index in [4.69, 9.17) is 23.2 Å². The summed E-state index contributed by atoms with van der Waals surface area (Å²) in [7, 11) is 0. The largest absolute Gasteiger partial charge is 0.121 e. The summed E-state index contributed by atoms with van der Waals surface area (Å²) in [4.78, 5) is 0. The van der Waals surface area contributed by atoms with Gasteiger partial charge in [-0.2, -0.15) is 0 Å². The highest BCUT2D eigenvalue weighted by molar-refractivity contribution is 9.14. The Morgan fingerprint density at radius 2 is 1.00 bits per heavy atom. The van der Waals surface area contributed by atoms with Gasteiger partial charge >= 0.3 is 0 Å². The normalized spacial score (nSPS) is 10.7. The standard InChI is InChI=1S/C8H4Br4Cl2/c9-5-3(1-13)6(10)8(12)7(11)4(5)2-14/h1-2H2. The van der Waals surface area contributed by atoms with Gasteiger partial charge in [0, 0.05) is 29.7 Å². The van der Waals surface area contributed by atoms with Crippen molar-refractivity contribution in [1.82, 2.24) is 0 Å². The van der Waals surface area contributed by atoms with Gasteiger partial charge in [0.25, 0.3) is 0 Å². The highest BCUT2D eigenvalue weighted by Crippen LogP contribution is 2.42. The van der Waals surface area contributed by atoms with E-state index in [-0.39, 0.29) is 0 Å². The van der Waals surface area contributed by atoms with Crippen LogP contribution < -0.4 is 0 Å². The summed E-state index contributed by atoms with van der Waals surface area (Å²) in [5, 5.41) is 0. The van der Waals surface area contributed by atoms with Crippen LogP contribution in [0, 0.1) is 0 Å². The highest BCUT2D eigenvalue weighted by atomic mass is 79.9. The van der Waals surface area contributed by atoms with Crippen LogP contribution in [0.3, 0.4) is 0 Å². The average Bonchev–Trinajstić information content (AvgIpc) is 2.16. The maximum atomic E-state index is 5.85. The molecule has 0 saturated heterocycles. The highest BCUT2D eigenvalue weighted by Gasteiger charge is 2.17. The number of hydrogen-bond acceptors (Lipinski definition) is 0. The van der Waals surface area contributed by atoms with Crippen LogP contribution in [0.15, 0.2) is 17.9 Å². The Morgan fingerprint density at radius 1 is 0.643 bits per heavy atom. The van der Waals surface area contributed by atoms with Gasteiger partial charge in [-0.3, -0.25) is 0 Å². The van der Waals surface area contributed by atoms with E-state index in [1.54, 1.807) is 0 Å². The summed E-state index contributed by atoms with van der Waals surface area (Å²) in [6.07, 6.45) is 0. The number of benzene rings is 1. The topological polar surface area (TPSA) is 0 Å². The molecule has 0 aromatic heterocycles. The first-order valence-corrected chi connectivity index (χ1v) is 7.74. The summed E-state index contributed by atoms with van der Waals surface area (Å²) < 4.78 is 3.77. The van der Waals surface area contributed by atoms with E-state index in [2.05, 4.69) is 63.7 Å². The third-order valence-electron chi connectivity index (χ3n) is 1.71. The molecule has 0 N–H and O–H groups in total. The maximum absolute atomic E-state index is 5.85. The van der Waals surface area contributed by atoms with Crippen molar-refractivity contribution in [1.29, 1.82) is 0 Å². The fraction of sp³-hybridized carbons (Fsp3) is 0.250. The Balaban J connectivity index is 3.56. The van der Waals surface area contributed by atoms with Crippen LogP contribution in [-0.4, -0.2) is 0 Å². The van der Waals surface area contributed by atoms with E-state index in [0.717, 1.165) is 29.0 Å². The van der Waals surface area contributed by atoms with Crippen molar-refractivity contribution >= 4 is 86.9 Å². The fourth-order valence-electron chi connectivity index (χ4n) is 0.971. The first kappa shape index (κ1) is 13.8. The molecule has 14 heavy (non-hydrogen) atoms. The lowest BCUT2D eigenvalue weighted by molar-refractivity contribution is 1.22. The van der Waals surface area contributed by atoms with Gasteiger partial charge < -0.3 is 0 Å². The van der Waals surface area contributed by atoms with E-state index in [0.29, 0.717) is 11.8 Å². The Hall–Kier alpha value is 1.72. The number of hydrogen-bond donors (Lipinski definition) is 0. The van der Waals surface area contributed by atoms with Gasteiger partial charge in [-0.15, -0.1) is 23.2 Å². The molecule has 0 bridgehead atoms. The van der Waals surface area contributed by atoms with E-state index in [1.165, 1.54) is 0 Å². The summed E-state index contributed by atoms with van der Waals surface area (Å²) >= 11 is 25.6. The van der Waals surface area contributed by atoms with Gasteiger partial charge in [0.05, 0.1) is 0 Å². The Kier molecular flexibility index (Phi) is 5.78. The molecule has 0 aliphatic rings. The minimum absolute atomic E-state index is 0.428. The van der Waals surface area contributed by atoms with Crippen molar-refractivity contribution in [2.24, 2.45) is 0 Å². The minimum atomic E-state index is 0.428. The van der Waals surface area contributed by atoms with Crippen molar-refractivity contribution in [2.45, 2.75) is 11.8 Å². The van der Waals surface area contributed by atoms with Crippen LogP contribution in [0.5, 0.6) is 0 Å². The summed E-state index contributed by atoms with van der Waals surface area (Å²) in [5.41, 5.74) is 2.00. The molecular weight excluding hydrogens is 487 g/mol. The first-order chi connectivity index (χ1) is 6.54. The van der Waals surface area contributed by atoms with Crippen molar-refractivity contribution < 1.29 is 0 Å². The van der Waals surface area contributed by atoms with Gasteiger partial charge in [0.1, 0.15) is 0 Å². The quantitative estimate of drug-likeness (QED) is 0.263. The zero-order chi connectivity index (χ0) is 10.9. The molecule has 0 fully saturated rings. The lowest BCUT2D eigenvalue weighted by Crippen LogP contribution is -1.93. The van der Waals surface area contributed by atoms with E-state index in [9.17, 15) is 0 Å². The molecule has 0 aliphatic heterocycles. The molecule has 0 unspecified atom stereocenters. The summed E-state index contributed by atoms with van der Waals surface area (Å²) in [6.45, 7) is 0. The second kappa shape index (κ2) is 5.87. The minimum Gasteiger partial charge on any atom is -0.121 e. The van der Waals surface area contributed by atoms with Crippen molar-refractivity contribution in [2.75, 3.05) is 0 Å². The molecule has 78 valence electrons. The Morgan fingerprint density at radius 3 is 1.29 bits per heavy atom. The second-order valence-electron chi connectivity index (χ2n) is 2.48. The predicted octanol–water partition coefficient (Wildman–Crippen LogP) is 6.21. The number of halogens is 6. The van der Waals surface area contributed by atoms with E-state index in [1.807, 2.05) is 0 Å². The van der Waals surface area contributed by atoms with Gasteiger partial charge in [-0.1, -0.05) is 15.9 Å². The molecule has 1 rings (SSSR count). The summed E-state index contributed by atoms with van der Waals surface area (Å²) in [6, 6.07) is 0. The molecule has 0 amide bonds. The van der Waals surface area contributed by atoms with Crippen LogP contribution in [0.1, 0.15) is 11.1 Å². The molecule has 0 spiro atoms. The molecule has 0 heterocycles. The molecule has 0 saturated carbocycles. The SMILES string of the molecule is ClCc1c(Br)c(Br)c(Br)c(CCl)c1Br. The van der Waals surface area contributed by atoms with Crippen molar-refractivity contribution in [3.8, 4) is 0 Å². The molecule has 1 aromatic rings. The summed E-state index contributed by atoms with van der Waals surface area (Å²) in [5.74, 6) is 0.855. The third kappa shape index (κ3) is 2.51. The molecule has 0 atom stereocenters. The van der Waals surface area contributed by atoms with Crippen LogP contribution >= 0.6 is 86.9 Å². The van der Waals surface area contributed by atoms with Crippen LogP contribution in [-0.2, 0) is 11.8 Å². The van der Waals surface area contributed by atoms with Gasteiger partial charge in [-0.05, 0) is 58.9 Å². The van der Waals surface area contributed by atoms with Crippen molar-refractivity contribution in [3.63, 3.8) is 0 Å². The number of alkyl halides is 2. The zero-order valence-corrected chi connectivity index (χ0v) is 14.5. The fourth-order valence-corrected chi connectivity index (χ4v) is 5.18. The second-order valence-corrected chi connectivity index (χ2v) is 6.19. The first-order valence-electron chi connectivity index (χ1n) is 3.50. The molecule has 1 aromatic carbocycles. The van der Waals surface area contributed by atoms with Crippen LogP contribution in [0.2, 0.25) is 0 Å². The molecule has 0 nitrogen and oxygen atoms in total. The average molecular weight is 491 g/mol. The lowest BCUT2D eigenvalue weighted by atomic mass is 10.2. The molecule has 0 radical (unpaired) electrons. The van der Waals surface area contributed by atoms with E-state index >= 15 is 0 Å². The Labute approximate surface area is 126 Å². The van der Waals surface area contributed by atoms with Gasteiger partial charge in [0.2, 0.25) is 0 Å². The maximum Gasteiger partial charge on any atom is 0.0497 e. The lowest BCUT2D eigenvalue weighted by Gasteiger charge is -2.13. The van der Waals surface area contributed by atoms with Crippen LogP contribution in [0.4, 0.5) is 0 Å². The van der Waals surface area contributed by atoms with Gasteiger partial charge in [0.15, 0.2) is 0 Å².